The molecule has 144 valence electrons. The Kier molecular flexibility index (Phi) is 10.0. The zero-order valence-electron chi connectivity index (χ0n) is 13.5. The number of pyridine rings is 1. The Bertz CT molecular complexity index is 681. The summed E-state index contributed by atoms with van der Waals surface area (Å²) in [6.07, 6.45) is -3.05. The number of nitrogens with two attached hydrogens (primary N) is 1. The summed E-state index contributed by atoms with van der Waals surface area (Å²) < 4.78 is 42.7. The van der Waals surface area contributed by atoms with E-state index in [1.165, 1.54) is 12.1 Å². The summed E-state index contributed by atoms with van der Waals surface area (Å²) >= 11 is 0. The van der Waals surface area contributed by atoms with Gasteiger partial charge >= 0.3 is 6.18 Å². The second-order valence-corrected chi connectivity index (χ2v) is 4.91. The van der Waals surface area contributed by atoms with Gasteiger partial charge in [-0.1, -0.05) is 0 Å². The van der Waals surface area contributed by atoms with Gasteiger partial charge in [-0.2, -0.15) is 13.2 Å². The van der Waals surface area contributed by atoms with E-state index in [0.717, 1.165) is 12.1 Å². The van der Waals surface area contributed by atoms with Gasteiger partial charge in [0.15, 0.2) is 0 Å². The van der Waals surface area contributed by atoms with Crippen molar-refractivity contribution in [2.45, 2.75) is 12.6 Å². The van der Waals surface area contributed by atoms with Crippen LogP contribution in [0.15, 0.2) is 42.6 Å². The molecule has 10 heteroatoms. The van der Waals surface area contributed by atoms with Crippen molar-refractivity contribution in [2.75, 3.05) is 13.1 Å². The van der Waals surface area contributed by atoms with E-state index in [-0.39, 0.29) is 36.6 Å². The average molecular weight is 412 g/mol. The molecule has 2 aromatic rings. The molecule has 3 N–H and O–H groups in total. The number of hydrogen-bond donors (Lipinski definition) is 2. The van der Waals surface area contributed by atoms with Gasteiger partial charge in [-0.15, -0.1) is 24.8 Å². The fourth-order valence-electron chi connectivity index (χ4n) is 1.81. The maximum atomic E-state index is 12.5. The first-order valence-corrected chi connectivity index (χ1v) is 7.19. The van der Waals surface area contributed by atoms with E-state index in [1.54, 1.807) is 12.1 Å². The molecule has 2 rings (SSSR count). The maximum absolute atomic E-state index is 12.5. The van der Waals surface area contributed by atoms with Crippen LogP contribution in [0, 0.1) is 0 Å². The normalized spacial score (nSPS) is 10.3. The van der Waals surface area contributed by atoms with E-state index in [9.17, 15) is 18.0 Å². The highest BCUT2D eigenvalue weighted by Crippen LogP contribution is 2.30. The van der Waals surface area contributed by atoms with Crippen LogP contribution in [0.5, 0.6) is 11.6 Å². The molecule has 1 amide bonds. The van der Waals surface area contributed by atoms with Crippen LogP contribution in [-0.4, -0.2) is 24.0 Å². The summed E-state index contributed by atoms with van der Waals surface area (Å²) in [5.74, 6) is 0.159. The summed E-state index contributed by atoms with van der Waals surface area (Å²) in [5.41, 5.74) is 4.94. The SMILES string of the molecule is Cl.Cl.NCCCNC(=O)c1ccc(Oc2ccc(C(F)(F)F)cn2)cc1. The topological polar surface area (TPSA) is 77.2 Å². The van der Waals surface area contributed by atoms with Gasteiger partial charge in [0.25, 0.3) is 5.91 Å². The molecule has 1 aromatic heterocycles. The van der Waals surface area contributed by atoms with Gasteiger partial charge in [-0.25, -0.2) is 4.98 Å². The molecule has 0 radical (unpaired) electrons. The molecule has 0 atom stereocenters. The number of rotatable bonds is 6. The van der Waals surface area contributed by atoms with E-state index in [4.69, 9.17) is 10.5 Å². The molecule has 1 heterocycles. The van der Waals surface area contributed by atoms with Crippen LogP contribution in [0.3, 0.4) is 0 Å². The molecule has 0 saturated heterocycles. The minimum absolute atomic E-state index is 0. The lowest BCUT2D eigenvalue weighted by Gasteiger charge is -2.08. The summed E-state index contributed by atoms with van der Waals surface area (Å²) in [6, 6.07) is 8.21. The Morgan fingerprint density at radius 2 is 1.77 bits per heavy atom. The van der Waals surface area contributed by atoms with Crippen molar-refractivity contribution in [1.82, 2.24) is 10.3 Å². The lowest BCUT2D eigenvalue weighted by molar-refractivity contribution is -0.137. The maximum Gasteiger partial charge on any atom is 0.417 e. The third-order valence-corrected chi connectivity index (χ3v) is 3.07. The molecule has 0 bridgehead atoms. The van der Waals surface area contributed by atoms with Crippen molar-refractivity contribution in [3.63, 3.8) is 0 Å². The van der Waals surface area contributed by atoms with Crippen LogP contribution in [0.4, 0.5) is 13.2 Å². The smallest absolute Gasteiger partial charge is 0.417 e. The third kappa shape index (κ3) is 7.07. The average Bonchev–Trinajstić information content (AvgIpc) is 2.55. The molecule has 0 aliphatic carbocycles. The Morgan fingerprint density at radius 3 is 2.27 bits per heavy atom. The number of ether oxygens (including phenoxy) is 1. The second kappa shape index (κ2) is 10.8. The summed E-state index contributed by atoms with van der Waals surface area (Å²) in [7, 11) is 0. The van der Waals surface area contributed by atoms with Gasteiger partial charge < -0.3 is 15.8 Å². The van der Waals surface area contributed by atoms with Gasteiger partial charge in [-0.05, 0) is 43.3 Å². The fraction of sp³-hybridized carbons (Fsp3) is 0.250. The predicted molar refractivity (Wildman–Crippen MR) is 96.3 cm³/mol. The van der Waals surface area contributed by atoms with Crippen molar-refractivity contribution in [1.29, 1.82) is 0 Å². The first-order valence-electron chi connectivity index (χ1n) is 7.19. The van der Waals surface area contributed by atoms with Gasteiger partial charge in [0, 0.05) is 24.4 Å². The number of halogens is 5. The molecule has 1 aromatic carbocycles. The number of hydrogen-bond acceptors (Lipinski definition) is 4. The standard InChI is InChI=1S/C16H16F3N3O2.2ClH/c17-16(18,19)12-4-7-14(22-10-12)24-13-5-2-11(3-6-13)15(23)21-9-1-8-20;;/h2-7,10H,1,8-9,20H2,(H,21,23);2*1H. The van der Waals surface area contributed by atoms with E-state index < -0.39 is 11.7 Å². The fourth-order valence-corrected chi connectivity index (χ4v) is 1.81. The highest BCUT2D eigenvalue weighted by atomic mass is 35.5. The van der Waals surface area contributed by atoms with Gasteiger partial charge in [0.1, 0.15) is 5.75 Å². The van der Waals surface area contributed by atoms with Gasteiger partial charge in [0.2, 0.25) is 5.88 Å². The van der Waals surface area contributed by atoms with Crippen molar-refractivity contribution in [2.24, 2.45) is 5.73 Å². The number of nitrogens with one attached hydrogen (secondary N) is 1. The quantitative estimate of drug-likeness (QED) is 0.708. The lowest BCUT2D eigenvalue weighted by Crippen LogP contribution is -2.25. The molecule has 0 saturated carbocycles. The Hall–Kier alpha value is -2.03. The molecule has 26 heavy (non-hydrogen) atoms. The number of carbonyl (C=O) groups excluding carboxylic acids is 1. The summed E-state index contributed by atoms with van der Waals surface area (Å²) in [6.45, 7) is 0.982. The Labute approximate surface area is 161 Å². The molecular weight excluding hydrogens is 394 g/mol. The monoisotopic (exact) mass is 411 g/mol. The zero-order chi connectivity index (χ0) is 17.6. The highest BCUT2D eigenvalue weighted by Gasteiger charge is 2.30. The molecule has 0 aliphatic heterocycles. The van der Waals surface area contributed by atoms with E-state index in [1.807, 2.05) is 0 Å². The van der Waals surface area contributed by atoms with Crippen LogP contribution in [-0.2, 0) is 6.18 Å². The molecule has 0 spiro atoms. The van der Waals surface area contributed by atoms with E-state index >= 15 is 0 Å². The van der Waals surface area contributed by atoms with Crippen molar-refractivity contribution in [3.05, 3.63) is 53.7 Å². The van der Waals surface area contributed by atoms with Crippen LogP contribution >= 0.6 is 24.8 Å². The number of amides is 1. The van der Waals surface area contributed by atoms with E-state index in [0.29, 0.717) is 37.0 Å². The minimum atomic E-state index is -4.44. The number of alkyl halides is 3. The van der Waals surface area contributed by atoms with Crippen LogP contribution in [0.2, 0.25) is 0 Å². The van der Waals surface area contributed by atoms with Crippen molar-refractivity contribution in [3.8, 4) is 11.6 Å². The van der Waals surface area contributed by atoms with Crippen LogP contribution in [0.1, 0.15) is 22.3 Å². The van der Waals surface area contributed by atoms with Crippen molar-refractivity contribution < 1.29 is 22.7 Å². The second-order valence-electron chi connectivity index (χ2n) is 4.91. The molecule has 0 fully saturated rings. The molecule has 0 unspecified atom stereocenters. The lowest BCUT2D eigenvalue weighted by atomic mass is 10.2. The number of carbonyl (C=O) groups is 1. The zero-order valence-corrected chi connectivity index (χ0v) is 15.1. The molecule has 0 aliphatic rings. The van der Waals surface area contributed by atoms with Gasteiger partial charge in [-0.3, -0.25) is 4.79 Å². The van der Waals surface area contributed by atoms with E-state index in [2.05, 4.69) is 10.3 Å². The van der Waals surface area contributed by atoms with Gasteiger partial charge in [0.05, 0.1) is 5.56 Å². The highest BCUT2D eigenvalue weighted by molar-refractivity contribution is 5.94. The number of nitrogens with zero attached hydrogens (tertiary/aromatic N) is 1. The molecular formula is C16H18Cl2F3N3O2. The van der Waals surface area contributed by atoms with Crippen LogP contribution < -0.4 is 15.8 Å². The first-order chi connectivity index (χ1) is 11.4. The largest absolute Gasteiger partial charge is 0.439 e. The minimum Gasteiger partial charge on any atom is -0.439 e. The third-order valence-electron chi connectivity index (χ3n) is 3.07. The molecule has 5 nitrogen and oxygen atoms in total. The Balaban J connectivity index is 0.00000312. The summed E-state index contributed by atoms with van der Waals surface area (Å²) in [5, 5.41) is 2.71. The first kappa shape index (κ1) is 24.0. The van der Waals surface area contributed by atoms with Crippen LogP contribution in [0.25, 0.3) is 0 Å². The predicted octanol–water partition coefficient (Wildman–Crippen LogP) is 3.81. The van der Waals surface area contributed by atoms with Crippen molar-refractivity contribution >= 4 is 30.7 Å². The number of benzene rings is 1. The summed E-state index contributed by atoms with van der Waals surface area (Å²) in [4.78, 5) is 15.4. The number of aromatic nitrogens is 1. The Morgan fingerprint density at radius 1 is 1.12 bits per heavy atom.